The van der Waals surface area contributed by atoms with Gasteiger partial charge in [-0.1, -0.05) is 39.0 Å². The van der Waals surface area contributed by atoms with Crippen molar-refractivity contribution in [2.75, 3.05) is 13.1 Å². The lowest BCUT2D eigenvalue weighted by atomic mass is 10.1. The topological polar surface area (TPSA) is 29.9 Å². The predicted octanol–water partition coefficient (Wildman–Crippen LogP) is 3.61. The number of hydrogen-bond acceptors (Lipinski definition) is 2. The molecule has 1 aromatic heterocycles. The molecular formula is C15H29N3. The van der Waals surface area contributed by atoms with Crippen LogP contribution in [0.25, 0.3) is 0 Å². The Morgan fingerprint density at radius 1 is 0.944 bits per heavy atom. The van der Waals surface area contributed by atoms with Gasteiger partial charge in [0.1, 0.15) is 0 Å². The van der Waals surface area contributed by atoms with Crippen molar-refractivity contribution in [1.82, 2.24) is 14.9 Å². The van der Waals surface area contributed by atoms with Crippen LogP contribution in [0.2, 0.25) is 0 Å². The van der Waals surface area contributed by atoms with E-state index in [1.165, 1.54) is 57.9 Å². The van der Waals surface area contributed by atoms with E-state index >= 15 is 0 Å². The monoisotopic (exact) mass is 251 g/mol. The summed E-state index contributed by atoms with van der Waals surface area (Å²) in [4.78, 5) is 4.04. The van der Waals surface area contributed by atoms with E-state index in [9.17, 15) is 0 Å². The zero-order valence-electron chi connectivity index (χ0n) is 11.9. The van der Waals surface area contributed by atoms with Crippen LogP contribution in [0.1, 0.15) is 58.3 Å². The highest BCUT2D eigenvalue weighted by Gasteiger charge is 1.92. The molecule has 0 aromatic carbocycles. The molecular weight excluding hydrogens is 222 g/mol. The molecule has 1 heterocycles. The minimum Gasteiger partial charge on any atom is -0.337 e. The number of aromatic nitrogens is 2. The van der Waals surface area contributed by atoms with Crippen LogP contribution in [0.4, 0.5) is 0 Å². The van der Waals surface area contributed by atoms with Crippen LogP contribution < -0.4 is 5.32 Å². The minimum atomic E-state index is 1.10. The summed E-state index contributed by atoms with van der Waals surface area (Å²) in [5.41, 5.74) is 0. The molecule has 18 heavy (non-hydrogen) atoms. The van der Waals surface area contributed by atoms with Gasteiger partial charge in [-0.15, -0.1) is 0 Å². The first-order valence-corrected chi connectivity index (χ1v) is 7.60. The molecule has 0 unspecified atom stereocenters. The lowest BCUT2D eigenvalue weighted by molar-refractivity contribution is 0.540. The lowest BCUT2D eigenvalue weighted by Gasteiger charge is -2.05. The van der Waals surface area contributed by atoms with Gasteiger partial charge in [-0.3, -0.25) is 0 Å². The van der Waals surface area contributed by atoms with Crippen LogP contribution in [0, 0.1) is 0 Å². The molecule has 0 spiro atoms. The summed E-state index contributed by atoms with van der Waals surface area (Å²) in [7, 11) is 0. The van der Waals surface area contributed by atoms with E-state index in [0.717, 1.165) is 13.1 Å². The van der Waals surface area contributed by atoms with Crippen molar-refractivity contribution in [1.29, 1.82) is 0 Å². The number of unbranched alkanes of at least 4 members (excludes halogenated alkanes) is 6. The second-order valence-electron chi connectivity index (χ2n) is 5.03. The van der Waals surface area contributed by atoms with E-state index in [2.05, 4.69) is 21.8 Å². The van der Waals surface area contributed by atoms with Crippen molar-refractivity contribution >= 4 is 0 Å². The van der Waals surface area contributed by atoms with Gasteiger partial charge >= 0.3 is 0 Å². The Bertz CT molecular complexity index is 257. The van der Waals surface area contributed by atoms with E-state index in [1.807, 2.05) is 18.7 Å². The molecule has 0 saturated heterocycles. The van der Waals surface area contributed by atoms with Gasteiger partial charge in [0, 0.05) is 18.9 Å². The maximum atomic E-state index is 4.04. The van der Waals surface area contributed by atoms with Gasteiger partial charge in [0.05, 0.1) is 6.33 Å². The van der Waals surface area contributed by atoms with Gasteiger partial charge in [0.2, 0.25) is 0 Å². The molecule has 104 valence electrons. The Labute approximate surface area is 112 Å². The third-order valence-electron chi connectivity index (χ3n) is 3.29. The molecule has 0 atom stereocenters. The Kier molecular flexibility index (Phi) is 9.54. The third-order valence-corrected chi connectivity index (χ3v) is 3.29. The third kappa shape index (κ3) is 8.29. The van der Waals surface area contributed by atoms with E-state index < -0.39 is 0 Å². The van der Waals surface area contributed by atoms with Crippen molar-refractivity contribution < 1.29 is 0 Å². The number of nitrogens with zero attached hydrogens (tertiary/aromatic N) is 2. The summed E-state index contributed by atoms with van der Waals surface area (Å²) in [6, 6.07) is 0. The fourth-order valence-corrected chi connectivity index (χ4v) is 2.12. The molecule has 0 aliphatic rings. The number of aryl methyl sites for hydroxylation is 1. The fraction of sp³-hybridized carbons (Fsp3) is 0.800. The van der Waals surface area contributed by atoms with Gasteiger partial charge < -0.3 is 9.88 Å². The second kappa shape index (κ2) is 11.3. The van der Waals surface area contributed by atoms with Crippen LogP contribution >= 0.6 is 0 Å². The highest BCUT2D eigenvalue weighted by atomic mass is 15.0. The standard InChI is InChI=1S/C15H29N3/c1-2-3-4-5-6-7-10-16-11-8-9-13-18-14-12-17-15-18/h12,14-16H,2-11,13H2,1H3. The van der Waals surface area contributed by atoms with Crippen LogP contribution in [0.3, 0.4) is 0 Å². The summed E-state index contributed by atoms with van der Waals surface area (Å²) in [5, 5.41) is 3.53. The van der Waals surface area contributed by atoms with Crippen LogP contribution in [0.15, 0.2) is 18.7 Å². The van der Waals surface area contributed by atoms with Crippen molar-refractivity contribution in [3.05, 3.63) is 18.7 Å². The largest absolute Gasteiger partial charge is 0.337 e. The molecule has 3 nitrogen and oxygen atoms in total. The highest BCUT2D eigenvalue weighted by Crippen LogP contribution is 2.04. The first-order valence-electron chi connectivity index (χ1n) is 7.60. The molecule has 0 amide bonds. The van der Waals surface area contributed by atoms with Crippen molar-refractivity contribution in [2.45, 2.75) is 64.8 Å². The summed E-state index contributed by atoms with van der Waals surface area (Å²) in [6.07, 6.45) is 16.6. The van der Waals surface area contributed by atoms with E-state index in [0.29, 0.717) is 0 Å². The lowest BCUT2D eigenvalue weighted by Crippen LogP contribution is -2.17. The predicted molar refractivity (Wildman–Crippen MR) is 77.7 cm³/mol. The zero-order chi connectivity index (χ0) is 12.9. The summed E-state index contributed by atoms with van der Waals surface area (Å²) < 4.78 is 2.15. The number of hydrogen-bond donors (Lipinski definition) is 1. The van der Waals surface area contributed by atoms with Crippen molar-refractivity contribution in [3.63, 3.8) is 0 Å². The minimum absolute atomic E-state index is 1.10. The summed E-state index contributed by atoms with van der Waals surface area (Å²) in [6.45, 7) is 5.71. The first-order chi connectivity index (χ1) is 8.93. The normalized spacial score (nSPS) is 10.9. The molecule has 0 fully saturated rings. The average molecular weight is 251 g/mol. The summed E-state index contributed by atoms with van der Waals surface area (Å²) in [5.74, 6) is 0. The Morgan fingerprint density at radius 3 is 2.39 bits per heavy atom. The molecule has 1 aromatic rings. The van der Waals surface area contributed by atoms with Gasteiger partial charge in [-0.2, -0.15) is 0 Å². The number of imidazole rings is 1. The zero-order valence-corrected chi connectivity index (χ0v) is 11.9. The van der Waals surface area contributed by atoms with E-state index in [-0.39, 0.29) is 0 Å². The second-order valence-corrected chi connectivity index (χ2v) is 5.03. The molecule has 1 rings (SSSR count). The quantitative estimate of drug-likeness (QED) is 0.575. The maximum absolute atomic E-state index is 4.04. The summed E-state index contributed by atoms with van der Waals surface area (Å²) >= 11 is 0. The Morgan fingerprint density at radius 2 is 1.67 bits per heavy atom. The fourth-order valence-electron chi connectivity index (χ4n) is 2.12. The Hall–Kier alpha value is -0.830. The van der Waals surface area contributed by atoms with Gasteiger partial charge in [-0.25, -0.2) is 4.98 Å². The SMILES string of the molecule is CCCCCCCCNCCCCn1ccnc1. The van der Waals surface area contributed by atoms with Crippen LogP contribution in [-0.2, 0) is 6.54 Å². The van der Waals surface area contributed by atoms with E-state index in [1.54, 1.807) is 0 Å². The molecule has 3 heteroatoms. The van der Waals surface area contributed by atoms with Gasteiger partial charge in [0.25, 0.3) is 0 Å². The first kappa shape index (κ1) is 15.2. The molecule has 0 bridgehead atoms. The molecule has 0 radical (unpaired) electrons. The highest BCUT2D eigenvalue weighted by molar-refractivity contribution is 4.73. The van der Waals surface area contributed by atoms with E-state index in [4.69, 9.17) is 0 Å². The van der Waals surface area contributed by atoms with Crippen molar-refractivity contribution in [3.8, 4) is 0 Å². The number of nitrogens with one attached hydrogen (secondary N) is 1. The molecule has 0 aliphatic heterocycles. The molecule has 0 saturated carbocycles. The van der Waals surface area contributed by atoms with Gasteiger partial charge in [0.15, 0.2) is 0 Å². The molecule has 0 aliphatic carbocycles. The Balaban J connectivity index is 1.73. The molecule has 1 N–H and O–H groups in total. The van der Waals surface area contributed by atoms with Crippen LogP contribution in [0.5, 0.6) is 0 Å². The smallest absolute Gasteiger partial charge is 0.0945 e. The average Bonchev–Trinajstić information content (AvgIpc) is 2.89. The van der Waals surface area contributed by atoms with Crippen molar-refractivity contribution in [2.24, 2.45) is 0 Å². The number of rotatable bonds is 12. The van der Waals surface area contributed by atoms with Crippen LogP contribution in [-0.4, -0.2) is 22.6 Å². The maximum Gasteiger partial charge on any atom is 0.0945 e. The van der Waals surface area contributed by atoms with Gasteiger partial charge in [-0.05, 0) is 32.4 Å².